The van der Waals surface area contributed by atoms with Crippen LogP contribution in [0.15, 0.2) is 40.2 Å². The Morgan fingerprint density at radius 3 is 3.00 bits per heavy atom. The molecule has 6 heteroatoms. The van der Waals surface area contributed by atoms with Gasteiger partial charge in [-0.2, -0.15) is 0 Å². The van der Waals surface area contributed by atoms with Gasteiger partial charge in [0, 0.05) is 17.1 Å². The van der Waals surface area contributed by atoms with Gasteiger partial charge >= 0.3 is 0 Å². The fraction of sp³-hybridized carbons (Fsp3) is 0.182. The van der Waals surface area contributed by atoms with Gasteiger partial charge in [-0.25, -0.2) is 0 Å². The second kappa shape index (κ2) is 5.46. The lowest BCUT2D eigenvalue weighted by Crippen LogP contribution is -2.03. The minimum Gasteiger partial charge on any atom is -0.312 e. The first-order chi connectivity index (χ1) is 8.16. The van der Waals surface area contributed by atoms with Crippen LogP contribution in [0.25, 0.3) is 0 Å². The monoisotopic (exact) mass is 311 g/mol. The van der Waals surface area contributed by atoms with E-state index in [-0.39, 0.29) is 5.78 Å². The van der Waals surface area contributed by atoms with Crippen LogP contribution < -0.4 is 0 Å². The highest BCUT2D eigenvalue weighted by molar-refractivity contribution is 9.10. The molecule has 1 aromatic heterocycles. The lowest BCUT2D eigenvalue weighted by molar-refractivity contribution is 0.102. The number of halogens is 1. The van der Waals surface area contributed by atoms with Crippen molar-refractivity contribution in [2.75, 3.05) is 5.75 Å². The van der Waals surface area contributed by atoms with Crippen molar-refractivity contribution in [3.8, 4) is 0 Å². The van der Waals surface area contributed by atoms with Crippen molar-refractivity contribution >= 4 is 33.5 Å². The van der Waals surface area contributed by atoms with Crippen molar-refractivity contribution in [2.24, 2.45) is 7.05 Å². The van der Waals surface area contributed by atoms with E-state index in [4.69, 9.17) is 0 Å². The molecular weight excluding hydrogens is 302 g/mol. The van der Waals surface area contributed by atoms with E-state index in [1.807, 2.05) is 31.3 Å². The predicted octanol–water partition coefficient (Wildman–Crippen LogP) is 2.55. The second-order valence-electron chi connectivity index (χ2n) is 3.45. The van der Waals surface area contributed by atoms with Gasteiger partial charge in [-0.1, -0.05) is 39.8 Å². The minimum absolute atomic E-state index is 0.0827. The predicted molar refractivity (Wildman–Crippen MR) is 70.2 cm³/mol. The molecule has 17 heavy (non-hydrogen) atoms. The molecule has 88 valence electrons. The zero-order chi connectivity index (χ0) is 12.3. The van der Waals surface area contributed by atoms with Crippen molar-refractivity contribution in [3.63, 3.8) is 0 Å². The highest BCUT2D eigenvalue weighted by Gasteiger charge is 2.09. The quantitative estimate of drug-likeness (QED) is 0.643. The first kappa shape index (κ1) is 12.3. The third-order valence-electron chi connectivity index (χ3n) is 2.15. The van der Waals surface area contributed by atoms with Gasteiger partial charge in [0.1, 0.15) is 6.33 Å². The zero-order valence-corrected chi connectivity index (χ0v) is 11.5. The van der Waals surface area contributed by atoms with Gasteiger partial charge in [-0.3, -0.25) is 4.79 Å². The summed E-state index contributed by atoms with van der Waals surface area (Å²) in [6, 6.07) is 7.38. The molecule has 4 nitrogen and oxygen atoms in total. The summed E-state index contributed by atoms with van der Waals surface area (Å²) in [7, 11) is 1.85. The maximum atomic E-state index is 11.9. The summed E-state index contributed by atoms with van der Waals surface area (Å²) in [6.07, 6.45) is 1.62. The normalized spacial score (nSPS) is 10.5. The number of carbonyl (C=O) groups excluding carboxylic acids is 1. The molecular formula is C11H10BrN3OS. The Hall–Kier alpha value is -1.14. The molecule has 0 aliphatic heterocycles. The molecule has 0 aliphatic carbocycles. The number of rotatable bonds is 4. The lowest BCUT2D eigenvalue weighted by atomic mass is 10.2. The Kier molecular flexibility index (Phi) is 3.96. The first-order valence-electron chi connectivity index (χ1n) is 4.92. The highest BCUT2D eigenvalue weighted by atomic mass is 79.9. The van der Waals surface area contributed by atoms with Crippen molar-refractivity contribution in [3.05, 3.63) is 40.6 Å². The average molecular weight is 312 g/mol. The van der Waals surface area contributed by atoms with Gasteiger partial charge in [-0.05, 0) is 12.1 Å². The molecule has 0 atom stereocenters. The van der Waals surface area contributed by atoms with Crippen molar-refractivity contribution in [2.45, 2.75) is 5.16 Å². The number of hydrogen-bond donors (Lipinski definition) is 0. The number of carbonyl (C=O) groups is 1. The van der Waals surface area contributed by atoms with E-state index in [1.54, 1.807) is 10.9 Å². The van der Waals surface area contributed by atoms with Crippen molar-refractivity contribution in [1.82, 2.24) is 14.8 Å². The van der Waals surface area contributed by atoms with Gasteiger partial charge in [0.25, 0.3) is 0 Å². The van der Waals surface area contributed by atoms with Gasteiger partial charge < -0.3 is 4.57 Å². The number of Topliss-reactive ketones (excluding diaryl/α,β-unsaturated/α-hetero) is 1. The summed E-state index contributed by atoms with van der Waals surface area (Å²) in [5, 5.41) is 8.42. The summed E-state index contributed by atoms with van der Waals surface area (Å²) in [4.78, 5) is 11.9. The minimum atomic E-state index is 0.0827. The Labute approximate surface area is 112 Å². The van der Waals surface area contributed by atoms with Crippen LogP contribution in [-0.4, -0.2) is 26.3 Å². The molecule has 1 aromatic carbocycles. The van der Waals surface area contributed by atoms with Gasteiger partial charge in [0.05, 0.1) is 5.75 Å². The number of nitrogens with zero attached hydrogens (tertiary/aromatic N) is 3. The third kappa shape index (κ3) is 3.17. The Balaban J connectivity index is 2.01. The molecule has 0 saturated heterocycles. The van der Waals surface area contributed by atoms with Crippen LogP contribution in [0, 0.1) is 0 Å². The summed E-state index contributed by atoms with van der Waals surface area (Å²) in [5.74, 6) is 0.447. The van der Waals surface area contributed by atoms with Gasteiger partial charge in [0.2, 0.25) is 0 Å². The average Bonchev–Trinajstić information content (AvgIpc) is 2.72. The van der Waals surface area contributed by atoms with Crippen LogP contribution in [0.3, 0.4) is 0 Å². The van der Waals surface area contributed by atoms with Crippen molar-refractivity contribution in [1.29, 1.82) is 0 Å². The smallest absolute Gasteiger partial charge is 0.191 e. The Bertz CT molecular complexity index is 541. The Morgan fingerprint density at radius 1 is 1.53 bits per heavy atom. The zero-order valence-electron chi connectivity index (χ0n) is 9.13. The van der Waals surface area contributed by atoms with E-state index in [2.05, 4.69) is 26.1 Å². The number of benzene rings is 1. The molecule has 0 spiro atoms. The molecule has 0 aliphatic rings. The molecule has 2 rings (SSSR count). The summed E-state index contributed by atoms with van der Waals surface area (Å²) >= 11 is 4.73. The summed E-state index contributed by atoms with van der Waals surface area (Å²) in [5.41, 5.74) is 0.703. The largest absolute Gasteiger partial charge is 0.312 e. The van der Waals surface area contributed by atoms with E-state index in [9.17, 15) is 4.79 Å². The molecule has 1 heterocycles. The maximum Gasteiger partial charge on any atom is 0.191 e. The molecule has 0 N–H and O–H groups in total. The number of aromatic nitrogens is 3. The van der Waals surface area contributed by atoms with Crippen LogP contribution in [0.2, 0.25) is 0 Å². The highest BCUT2D eigenvalue weighted by Crippen LogP contribution is 2.17. The third-order valence-corrected chi connectivity index (χ3v) is 3.68. The molecule has 0 radical (unpaired) electrons. The van der Waals surface area contributed by atoms with Crippen molar-refractivity contribution < 1.29 is 4.79 Å². The van der Waals surface area contributed by atoms with E-state index >= 15 is 0 Å². The molecule has 0 saturated carbocycles. The number of aryl methyl sites for hydroxylation is 1. The topological polar surface area (TPSA) is 47.8 Å². The van der Waals surface area contributed by atoms with E-state index in [0.29, 0.717) is 11.3 Å². The molecule has 0 fully saturated rings. The van der Waals surface area contributed by atoms with E-state index in [1.165, 1.54) is 11.8 Å². The first-order valence-corrected chi connectivity index (χ1v) is 6.70. The standard InChI is InChI=1S/C11H10BrN3OS/c1-15-7-13-14-11(15)17-6-10(16)8-3-2-4-9(12)5-8/h2-5,7H,6H2,1H3. The second-order valence-corrected chi connectivity index (χ2v) is 5.30. The van der Waals surface area contributed by atoms with Crippen LogP contribution in [0.1, 0.15) is 10.4 Å². The number of hydrogen-bond acceptors (Lipinski definition) is 4. The lowest BCUT2D eigenvalue weighted by Gasteiger charge is -2.01. The molecule has 0 bridgehead atoms. The van der Waals surface area contributed by atoms with E-state index < -0.39 is 0 Å². The SMILES string of the molecule is Cn1cnnc1SCC(=O)c1cccc(Br)c1. The van der Waals surface area contributed by atoms with Gasteiger partial charge in [0.15, 0.2) is 10.9 Å². The molecule has 0 unspecified atom stereocenters. The number of ketones is 1. The number of thioether (sulfide) groups is 1. The summed E-state index contributed by atoms with van der Waals surface area (Å²) in [6.45, 7) is 0. The molecule has 2 aromatic rings. The van der Waals surface area contributed by atoms with E-state index in [0.717, 1.165) is 9.63 Å². The van der Waals surface area contributed by atoms with Crippen LogP contribution in [0.5, 0.6) is 0 Å². The fourth-order valence-corrected chi connectivity index (χ4v) is 2.46. The van der Waals surface area contributed by atoms with Crippen LogP contribution >= 0.6 is 27.7 Å². The fourth-order valence-electron chi connectivity index (χ4n) is 1.28. The van der Waals surface area contributed by atoms with Crippen LogP contribution in [-0.2, 0) is 7.05 Å². The van der Waals surface area contributed by atoms with Crippen LogP contribution in [0.4, 0.5) is 0 Å². The van der Waals surface area contributed by atoms with Gasteiger partial charge in [-0.15, -0.1) is 10.2 Å². The summed E-state index contributed by atoms with van der Waals surface area (Å²) < 4.78 is 2.70. The molecule has 0 amide bonds. The maximum absolute atomic E-state index is 11.9. The Morgan fingerprint density at radius 2 is 2.35 bits per heavy atom.